The fourth-order valence-electron chi connectivity index (χ4n) is 6.39. The van der Waals surface area contributed by atoms with Crippen LogP contribution in [0.1, 0.15) is 42.3 Å². The van der Waals surface area contributed by atoms with Crippen LogP contribution in [0.4, 0.5) is 11.4 Å². The zero-order chi connectivity index (χ0) is 27.0. The Morgan fingerprint density at radius 3 is 2.45 bits per heavy atom. The minimum absolute atomic E-state index is 0.0942. The molecule has 3 heterocycles. The van der Waals surface area contributed by atoms with E-state index in [0.717, 1.165) is 21.3 Å². The van der Waals surface area contributed by atoms with Crippen molar-refractivity contribution in [2.45, 2.75) is 38.3 Å². The number of carbonyl (C=O) groups is 3. The van der Waals surface area contributed by atoms with Crippen LogP contribution in [0.25, 0.3) is 6.08 Å². The summed E-state index contributed by atoms with van der Waals surface area (Å²) in [5.41, 5.74) is 1.43. The average molecular weight is 590 g/mol. The number of amides is 1. The summed E-state index contributed by atoms with van der Waals surface area (Å²) in [4.78, 5) is 45.2. The summed E-state index contributed by atoms with van der Waals surface area (Å²) in [7, 11) is 0. The SMILES string of the molecule is CC(C)(C)C(=O)[C@@H]1[C@H](C(=O)c2ccc(Br)cc2)[C@]2(C(=O)Nc3ccccc32)[C@H]2C=Cc3cc(Cl)ccc3N12. The zero-order valence-electron chi connectivity index (χ0n) is 21.2. The van der Waals surface area contributed by atoms with Crippen LogP contribution < -0.4 is 10.2 Å². The number of Topliss-reactive ketones (excluding diaryl/α,β-unsaturated/α-hetero) is 2. The van der Waals surface area contributed by atoms with Gasteiger partial charge in [-0.3, -0.25) is 14.4 Å². The van der Waals surface area contributed by atoms with E-state index >= 15 is 0 Å². The van der Waals surface area contributed by atoms with Gasteiger partial charge in [0.15, 0.2) is 11.6 Å². The van der Waals surface area contributed by atoms with Gasteiger partial charge in [0.2, 0.25) is 5.91 Å². The summed E-state index contributed by atoms with van der Waals surface area (Å²) in [6.07, 6.45) is 3.90. The third-order valence-electron chi connectivity index (χ3n) is 8.01. The molecule has 7 heteroatoms. The maximum atomic E-state index is 14.6. The van der Waals surface area contributed by atoms with E-state index in [4.69, 9.17) is 11.6 Å². The quantitative estimate of drug-likeness (QED) is 0.346. The van der Waals surface area contributed by atoms with Gasteiger partial charge < -0.3 is 10.2 Å². The van der Waals surface area contributed by atoms with E-state index in [0.29, 0.717) is 16.3 Å². The van der Waals surface area contributed by atoms with Gasteiger partial charge in [-0.05, 0) is 47.5 Å². The molecule has 1 amide bonds. The molecule has 0 aliphatic carbocycles. The van der Waals surface area contributed by atoms with Crippen LogP contribution in [0.5, 0.6) is 0 Å². The number of nitrogens with one attached hydrogen (secondary N) is 1. The van der Waals surface area contributed by atoms with Crippen molar-refractivity contribution in [1.29, 1.82) is 0 Å². The molecular formula is C31H26BrClN2O3. The summed E-state index contributed by atoms with van der Waals surface area (Å²) in [5, 5.41) is 3.62. The molecule has 1 fully saturated rings. The van der Waals surface area contributed by atoms with E-state index in [9.17, 15) is 14.4 Å². The number of nitrogens with zero attached hydrogens (tertiary/aromatic N) is 1. The van der Waals surface area contributed by atoms with Crippen molar-refractivity contribution >= 4 is 62.5 Å². The topological polar surface area (TPSA) is 66.5 Å². The molecule has 0 unspecified atom stereocenters. The highest BCUT2D eigenvalue weighted by Gasteiger charge is 2.70. The Hall–Kier alpha value is -3.22. The minimum Gasteiger partial charge on any atom is -0.352 e. The first kappa shape index (κ1) is 25.1. The van der Waals surface area contributed by atoms with Crippen molar-refractivity contribution in [3.63, 3.8) is 0 Å². The molecule has 3 aliphatic rings. The van der Waals surface area contributed by atoms with Crippen LogP contribution in [0, 0.1) is 11.3 Å². The Bertz CT molecular complexity index is 1540. The summed E-state index contributed by atoms with van der Waals surface area (Å²) in [6, 6.07) is 18.7. The number of benzene rings is 3. The number of ketones is 2. The van der Waals surface area contributed by atoms with Gasteiger partial charge in [-0.15, -0.1) is 0 Å². The summed E-state index contributed by atoms with van der Waals surface area (Å²) >= 11 is 9.78. The van der Waals surface area contributed by atoms with E-state index in [2.05, 4.69) is 21.2 Å². The van der Waals surface area contributed by atoms with Gasteiger partial charge in [-0.1, -0.05) is 90.8 Å². The van der Waals surface area contributed by atoms with E-state index in [1.807, 2.05) is 86.4 Å². The van der Waals surface area contributed by atoms with Crippen LogP contribution in [0.3, 0.4) is 0 Å². The van der Waals surface area contributed by atoms with Crippen LogP contribution >= 0.6 is 27.5 Å². The van der Waals surface area contributed by atoms with Gasteiger partial charge in [-0.2, -0.15) is 0 Å². The highest BCUT2D eigenvalue weighted by molar-refractivity contribution is 9.10. The van der Waals surface area contributed by atoms with E-state index in [1.165, 1.54) is 0 Å². The number of anilines is 2. The Morgan fingerprint density at radius 2 is 1.74 bits per heavy atom. The van der Waals surface area contributed by atoms with E-state index in [1.54, 1.807) is 18.2 Å². The smallest absolute Gasteiger partial charge is 0.238 e. The van der Waals surface area contributed by atoms with Crippen molar-refractivity contribution in [3.8, 4) is 0 Å². The number of carbonyl (C=O) groups excluding carboxylic acids is 3. The minimum atomic E-state index is -1.31. The van der Waals surface area contributed by atoms with Gasteiger partial charge in [0.05, 0.1) is 12.0 Å². The number of fused-ring (bicyclic) bond motifs is 6. The Kier molecular flexibility index (Phi) is 5.71. The molecule has 5 nitrogen and oxygen atoms in total. The zero-order valence-corrected chi connectivity index (χ0v) is 23.5. The molecule has 38 heavy (non-hydrogen) atoms. The number of hydrogen-bond donors (Lipinski definition) is 1. The second kappa shape index (κ2) is 8.65. The maximum absolute atomic E-state index is 14.6. The highest BCUT2D eigenvalue weighted by Crippen LogP contribution is 2.58. The number of rotatable bonds is 3. The van der Waals surface area contributed by atoms with E-state index in [-0.39, 0.29) is 17.5 Å². The Balaban J connectivity index is 1.68. The summed E-state index contributed by atoms with van der Waals surface area (Å²) < 4.78 is 0.840. The van der Waals surface area contributed by atoms with Gasteiger partial charge in [-0.25, -0.2) is 0 Å². The lowest BCUT2D eigenvalue weighted by Gasteiger charge is -2.38. The predicted molar refractivity (Wildman–Crippen MR) is 154 cm³/mol. The Morgan fingerprint density at radius 1 is 1.03 bits per heavy atom. The first-order chi connectivity index (χ1) is 18.0. The molecular weight excluding hydrogens is 564 g/mol. The molecule has 0 bridgehead atoms. The molecule has 1 saturated heterocycles. The standard InChI is InChI=1S/C31H26BrClN2O3/c1-30(2,3)28(37)26-25(27(36)17-8-11-19(32)12-9-17)31(21-6-4-5-7-22(21)34-29(31)38)24-15-10-18-16-20(33)13-14-23(18)35(24)26/h4-16,24-26H,1-3H3,(H,34,38)/t24-,25-,26+,31-/m1/s1. The fourth-order valence-corrected chi connectivity index (χ4v) is 6.83. The van der Waals surface area contributed by atoms with E-state index < -0.39 is 28.8 Å². The summed E-state index contributed by atoms with van der Waals surface area (Å²) in [6.45, 7) is 5.59. The van der Waals surface area contributed by atoms with Crippen molar-refractivity contribution < 1.29 is 14.4 Å². The molecule has 3 aromatic rings. The molecule has 1 N–H and O–H groups in total. The van der Waals surface area contributed by atoms with Gasteiger partial charge in [0.1, 0.15) is 11.5 Å². The lowest BCUT2D eigenvalue weighted by molar-refractivity contribution is -0.128. The highest BCUT2D eigenvalue weighted by atomic mass is 79.9. The van der Waals surface area contributed by atoms with Crippen molar-refractivity contribution in [1.82, 2.24) is 0 Å². The fraction of sp³-hybridized carbons (Fsp3) is 0.258. The lowest BCUT2D eigenvalue weighted by atomic mass is 9.63. The summed E-state index contributed by atoms with van der Waals surface area (Å²) in [5.74, 6) is -1.56. The third kappa shape index (κ3) is 3.46. The van der Waals surface area contributed by atoms with Crippen LogP contribution in [0.15, 0.2) is 77.3 Å². The van der Waals surface area contributed by atoms with Crippen LogP contribution in [0.2, 0.25) is 5.02 Å². The molecule has 0 aromatic heterocycles. The van der Waals surface area contributed by atoms with Crippen molar-refractivity contribution in [3.05, 3.63) is 99.0 Å². The van der Waals surface area contributed by atoms with Gasteiger partial charge in [0.25, 0.3) is 0 Å². The van der Waals surface area contributed by atoms with Gasteiger partial charge >= 0.3 is 0 Å². The third-order valence-corrected chi connectivity index (χ3v) is 8.78. The molecule has 6 rings (SSSR count). The number of halogens is 2. The first-order valence-corrected chi connectivity index (χ1v) is 13.7. The second-order valence-corrected chi connectivity index (χ2v) is 12.5. The first-order valence-electron chi connectivity index (χ1n) is 12.6. The molecule has 0 saturated carbocycles. The molecule has 4 atom stereocenters. The van der Waals surface area contributed by atoms with Crippen LogP contribution in [-0.4, -0.2) is 29.6 Å². The molecule has 1 spiro atoms. The van der Waals surface area contributed by atoms with Crippen molar-refractivity contribution in [2.75, 3.05) is 10.2 Å². The average Bonchev–Trinajstić information content (AvgIpc) is 3.35. The lowest BCUT2D eigenvalue weighted by Crippen LogP contribution is -2.51. The molecule has 0 radical (unpaired) electrons. The number of hydrogen-bond acceptors (Lipinski definition) is 4. The predicted octanol–water partition coefficient (Wildman–Crippen LogP) is 6.69. The monoisotopic (exact) mass is 588 g/mol. The molecule has 3 aliphatic heterocycles. The normalized spacial score (nSPS) is 25.1. The largest absolute Gasteiger partial charge is 0.352 e. The van der Waals surface area contributed by atoms with Crippen molar-refractivity contribution in [2.24, 2.45) is 11.3 Å². The Labute approximate surface area is 235 Å². The second-order valence-electron chi connectivity index (χ2n) is 11.2. The number of para-hydroxylation sites is 1. The molecule has 3 aromatic carbocycles. The maximum Gasteiger partial charge on any atom is 0.238 e. The van der Waals surface area contributed by atoms with Crippen LogP contribution in [-0.2, 0) is 15.0 Å². The van der Waals surface area contributed by atoms with Gasteiger partial charge in [0, 0.05) is 31.8 Å². The molecule has 192 valence electrons.